The summed E-state index contributed by atoms with van der Waals surface area (Å²) in [5, 5.41) is 33.6. The summed E-state index contributed by atoms with van der Waals surface area (Å²) in [7, 11) is 0. The van der Waals surface area contributed by atoms with E-state index in [2.05, 4.69) is 0 Å². The molecule has 180 valence electrons. The first-order chi connectivity index (χ1) is 15.2. The molecule has 0 heterocycles. The number of carbonyl (C=O) groups excluding carboxylic acids is 4. The van der Waals surface area contributed by atoms with Crippen LogP contribution in [0.5, 0.6) is 0 Å². The normalized spacial score (nSPS) is 48.5. The van der Waals surface area contributed by atoms with Crippen molar-refractivity contribution in [2.75, 3.05) is 6.61 Å². The lowest BCUT2D eigenvalue weighted by Gasteiger charge is -2.61. The highest BCUT2D eigenvalue weighted by atomic mass is 19.1. The molecule has 0 amide bonds. The quantitative estimate of drug-likeness (QED) is 0.517. The summed E-state index contributed by atoms with van der Waals surface area (Å²) in [4.78, 5) is 49.8. The van der Waals surface area contributed by atoms with Crippen molar-refractivity contribution in [2.45, 2.75) is 64.0 Å². The second-order valence-corrected chi connectivity index (χ2v) is 10.4. The summed E-state index contributed by atoms with van der Waals surface area (Å²) in [6, 6.07) is 0. The third-order valence-electron chi connectivity index (χ3n) is 8.91. The lowest BCUT2D eigenvalue weighted by atomic mass is 9.44. The van der Waals surface area contributed by atoms with Gasteiger partial charge in [0, 0.05) is 24.7 Å². The number of aliphatic hydroxyl groups is 3. The molecule has 0 spiro atoms. The van der Waals surface area contributed by atoms with Crippen LogP contribution in [0.4, 0.5) is 4.39 Å². The first-order valence-electron chi connectivity index (χ1n) is 11.1. The van der Waals surface area contributed by atoms with Gasteiger partial charge in [-0.15, -0.1) is 0 Å². The predicted molar refractivity (Wildman–Crippen MR) is 111 cm³/mol. The summed E-state index contributed by atoms with van der Waals surface area (Å²) in [6.07, 6.45) is -0.265. The molecule has 3 fully saturated rings. The van der Waals surface area contributed by atoms with Gasteiger partial charge in [0.1, 0.15) is 11.7 Å². The first kappa shape index (κ1) is 23.9. The minimum Gasteiger partial charge on any atom is -0.458 e. The van der Waals surface area contributed by atoms with Crippen molar-refractivity contribution in [3.8, 4) is 0 Å². The molecule has 3 N–H and O–H groups in total. The predicted octanol–water partition coefficient (Wildman–Crippen LogP) is 0.616. The molecule has 0 radical (unpaired) electrons. The van der Waals surface area contributed by atoms with Crippen molar-refractivity contribution in [1.29, 1.82) is 0 Å². The Morgan fingerprint density at radius 2 is 1.88 bits per heavy atom. The highest BCUT2D eigenvalue weighted by Gasteiger charge is 2.78. The Bertz CT molecular complexity index is 1020. The SMILES string of the molecule is CC(=O)OCC(=O)[C@@]1(O)[C@@H](C)C[C@H]2[C@@H]3[C@@H](O)[C@@H](O)C4=CC(=O)C=C[C@]4(C)[C@@]3(F)C(=O)C[C@@]21C. The van der Waals surface area contributed by atoms with Gasteiger partial charge in [-0.3, -0.25) is 19.2 Å². The second kappa shape index (κ2) is 7.13. The van der Waals surface area contributed by atoms with Crippen molar-refractivity contribution < 1.29 is 43.6 Å². The average molecular weight is 464 g/mol. The fourth-order valence-electron chi connectivity index (χ4n) is 7.17. The van der Waals surface area contributed by atoms with Crippen LogP contribution in [-0.4, -0.2) is 68.7 Å². The van der Waals surface area contributed by atoms with Crippen LogP contribution in [0.2, 0.25) is 0 Å². The summed E-state index contributed by atoms with van der Waals surface area (Å²) in [6.45, 7) is 4.95. The number of halogens is 1. The fraction of sp³-hybridized carbons (Fsp3) is 0.667. The van der Waals surface area contributed by atoms with Gasteiger partial charge in [-0.1, -0.05) is 19.9 Å². The van der Waals surface area contributed by atoms with Crippen LogP contribution in [-0.2, 0) is 23.9 Å². The number of allylic oxidation sites excluding steroid dienone is 3. The maximum absolute atomic E-state index is 17.1. The Morgan fingerprint density at radius 1 is 1.24 bits per heavy atom. The van der Waals surface area contributed by atoms with Gasteiger partial charge in [0.25, 0.3) is 0 Å². The first-order valence-corrected chi connectivity index (χ1v) is 11.1. The van der Waals surface area contributed by atoms with Crippen molar-refractivity contribution in [3.05, 3.63) is 23.8 Å². The summed E-state index contributed by atoms with van der Waals surface area (Å²) in [5.41, 5.74) is -7.97. The van der Waals surface area contributed by atoms with Crippen molar-refractivity contribution >= 4 is 23.3 Å². The lowest BCUT2D eigenvalue weighted by molar-refractivity contribution is -0.210. The Kier molecular flexibility index (Phi) is 5.17. The molecule has 0 aliphatic heterocycles. The maximum Gasteiger partial charge on any atom is 0.303 e. The minimum absolute atomic E-state index is 0.0644. The highest BCUT2D eigenvalue weighted by molar-refractivity contribution is 6.03. The van der Waals surface area contributed by atoms with E-state index in [0.29, 0.717) is 0 Å². The smallest absolute Gasteiger partial charge is 0.303 e. The van der Waals surface area contributed by atoms with Crippen LogP contribution in [0.25, 0.3) is 0 Å². The van der Waals surface area contributed by atoms with Gasteiger partial charge in [-0.2, -0.15) is 0 Å². The molecule has 0 unspecified atom stereocenters. The van der Waals surface area contributed by atoms with Crippen molar-refractivity contribution in [2.24, 2.45) is 28.6 Å². The number of ether oxygens (including phenoxy) is 1. The third-order valence-corrected chi connectivity index (χ3v) is 8.91. The molecule has 9 heteroatoms. The molecule has 0 bridgehead atoms. The van der Waals surface area contributed by atoms with Crippen LogP contribution in [0.3, 0.4) is 0 Å². The molecule has 0 aromatic carbocycles. The van der Waals surface area contributed by atoms with Crippen LogP contribution >= 0.6 is 0 Å². The number of esters is 1. The Balaban J connectivity index is 1.85. The number of rotatable bonds is 3. The Morgan fingerprint density at radius 3 is 2.48 bits per heavy atom. The largest absolute Gasteiger partial charge is 0.458 e. The van der Waals surface area contributed by atoms with E-state index in [9.17, 15) is 34.5 Å². The molecular weight excluding hydrogens is 435 g/mol. The molecule has 9 atom stereocenters. The van der Waals surface area contributed by atoms with Gasteiger partial charge in [0.2, 0.25) is 5.78 Å². The average Bonchev–Trinajstić information content (AvgIpc) is 2.93. The topological polar surface area (TPSA) is 138 Å². The summed E-state index contributed by atoms with van der Waals surface area (Å²) >= 11 is 0. The van der Waals surface area contributed by atoms with E-state index in [1.54, 1.807) is 6.92 Å². The van der Waals surface area contributed by atoms with Crippen molar-refractivity contribution in [1.82, 2.24) is 0 Å². The molecule has 4 aliphatic rings. The van der Waals surface area contributed by atoms with Crippen LogP contribution < -0.4 is 0 Å². The maximum atomic E-state index is 17.1. The summed E-state index contributed by atoms with van der Waals surface area (Å²) < 4.78 is 21.9. The Labute approximate surface area is 190 Å². The fourth-order valence-corrected chi connectivity index (χ4v) is 7.17. The molecule has 0 saturated heterocycles. The van der Waals surface area contributed by atoms with Crippen LogP contribution in [0.15, 0.2) is 23.8 Å². The number of hydrogen-bond donors (Lipinski definition) is 3. The highest BCUT2D eigenvalue weighted by Crippen LogP contribution is 2.69. The van der Waals surface area contributed by atoms with Gasteiger partial charge >= 0.3 is 5.97 Å². The molecule has 4 aliphatic carbocycles. The monoisotopic (exact) mass is 464 g/mol. The number of Topliss-reactive ketones (excluding diaryl/α,β-unsaturated/α-hetero) is 2. The van der Waals surface area contributed by atoms with E-state index >= 15 is 4.39 Å². The van der Waals surface area contributed by atoms with E-state index in [0.717, 1.165) is 19.1 Å². The number of fused-ring (bicyclic) bond motifs is 5. The van der Waals surface area contributed by atoms with Crippen LogP contribution in [0, 0.1) is 28.6 Å². The number of aliphatic hydroxyl groups excluding tert-OH is 2. The van der Waals surface area contributed by atoms with Gasteiger partial charge in [0.15, 0.2) is 23.8 Å². The Hall–Kier alpha value is -2.23. The van der Waals surface area contributed by atoms with E-state index in [-0.39, 0.29) is 12.0 Å². The van der Waals surface area contributed by atoms with E-state index in [1.807, 2.05) is 0 Å². The molecule has 0 aromatic rings. The number of hydrogen-bond acceptors (Lipinski definition) is 8. The zero-order chi connectivity index (χ0) is 24.7. The molecule has 4 rings (SSSR count). The zero-order valence-electron chi connectivity index (χ0n) is 19.0. The van der Waals surface area contributed by atoms with E-state index in [1.165, 1.54) is 19.9 Å². The van der Waals surface area contributed by atoms with Gasteiger partial charge in [-0.05, 0) is 42.9 Å². The zero-order valence-corrected chi connectivity index (χ0v) is 19.0. The second-order valence-electron chi connectivity index (χ2n) is 10.4. The lowest BCUT2D eigenvalue weighted by Crippen LogP contribution is -2.73. The number of carbonyl (C=O) groups is 4. The van der Waals surface area contributed by atoms with Crippen molar-refractivity contribution in [3.63, 3.8) is 0 Å². The van der Waals surface area contributed by atoms with Gasteiger partial charge in [0.05, 0.1) is 11.5 Å². The summed E-state index contributed by atoms with van der Waals surface area (Å²) in [5.74, 6) is -5.93. The van der Waals surface area contributed by atoms with E-state index in [4.69, 9.17) is 4.74 Å². The van der Waals surface area contributed by atoms with Gasteiger partial charge in [-0.25, -0.2) is 4.39 Å². The standard InChI is InChI=1S/C24H29FO8/c1-11-7-14-18-20(31)19(30)15-8-13(27)5-6-21(15,3)23(18,25)16(28)9-22(14,4)24(11,32)17(29)10-33-12(2)26/h5-6,8,11,14,18-20,30-32H,7,9-10H2,1-4H3/t11-,14-,18+,19-,20+,21-,22-,23+,24-/m0/s1. The van der Waals surface area contributed by atoms with Gasteiger partial charge < -0.3 is 20.1 Å². The molecule has 3 saturated carbocycles. The van der Waals surface area contributed by atoms with Crippen LogP contribution in [0.1, 0.15) is 40.5 Å². The molecule has 33 heavy (non-hydrogen) atoms. The minimum atomic E-state index is -2.66. The number of ketones is 3. The molecule has 8 nitrogen and oxygen atoms in total. The van der Waals surface area contributed by atoms with E-state index < -0.39 is 88.4 Å². The molecule has 0 aromatic heterocycles. The third kappa shape index (κ3) is 2.73. The number of alkyl halides is 1. The molecular formula is C24H29FO8.